The van der Waals surface area contributed by atoms with Crippen molar-refractivity contribution in [3.63, 3.8) is 0 Å². The standard InChI is InChI=1S/C14H8/c1-2-9-4-5-10-6-7-12-8-11(3-1)13(9)14(10)12/h1-8H. The molecule has 0 heteroatoms. The molecular formula is C14H8. The van der Waals surface area contributed by atoms with Gasteiger partial charge in [-0.25, -0.2) is 0 Å². The van der Waals surface area contributed by atoms with Crippen LogP contribution in [-0.2, 0) is 0 Å². The summed E-state index contributed by atoms with van der Waals surface area (Å²) in [7, 11) is 0. The average molecular weight is 176 g/mol. The van der Waals surface area contributed by atoms with Gasteiger partial charge in [-0.2, -0.15) is 0 Å². The Kier molecular flexibility index (Phi) is 0.935. The number of hydrogen-bond acceptors (Lipinski definition) is 0. The Morgan fingerprint density at radius 2 is 1.43 bits per heavy atom. The summed E-state index contributed by atoms with van der Waals surface area (Å²) in [6.45, 7) is 0. The van der Waals surface area contributed by atoms with Gasteiger partial charge < -0.3 is 0 Å². The third-order valence-electron chi connectivity index (χ3n) is 3.15. The van der Waals surface area contributed by atoms with Gasteiger partial charge in [0, 0.05) is 0 Å². The van der Waals surface area contributed by atoms with Crippen LogP contribution >= 0.6 is 0 Å². The second-order valence-corrected chi connectivity index (χ2v) is 3.91. The Morgan fingerprint density at radius 3 is 2.43 bits per heavy atom. The summed E-state index contributed by atoms with van der Waals surface area (Å²) in [4.78, 5) is 0. The van der Waals surface area contributed by atoms with Crippen LogP contribution in [0.15, 0.2) is 48.5 Å². The minimum absolute atomic E-state index is 1.36. The van der Waals surface area contributed by atoms with E-state index in [0.29, 0.717) is 0 Å². The molecule has 2 aromatic rings. The molecule has 0 saturated carbocycles. The molecule has 0 heterocycles. The zero-order chi connectivity index (χ0) is 9.12. The zero-order valence-electron chi connectivity index (χ0n) is 7.62. The van der Waals surface area contributed by atoms with E-state index in [1.165, 1.54) is 32.7 Å². The van der Waals surface area contributed by atoms with Crippen molar-refractivity contribution in [2.75, 3.05) is 0 Å². The van der Waals surface area contributed by atoms with Crippen LogP contribution in [0.3, 0.4) is 0 Å². The van der Waals surface area contributed by atoms with Crippen LogP contribution in [0.25, 0.3) is 32.7 Å². The molecule has 4 rings (SSSR count). The zero-order valence-corrected chi connectivity index (χ0v) is 7.62. The lowest BCUT2D eigenvalue weighted by Gasteiger charge is -2.00. The van der Waals surface area contributed by atoms with Crippen molar-refractivity contribution in [3.05, 3.63) is 48.5 Å². The average Bonchev–Trinajstić information content (AvgIpc) is 2.75. The SMILES string of the molecule is c1cc2ccc3ccc4cc(c1)c2c3-4. The number of benzene rings is 2. The molecule has 0 amide bonds. The molecular weight excluding hydrogens is 168 g/mol. The Bertz CT molecular complexity index is 678. The molecule has 0 aliphatic heterocycles. The fourth-order valence-electron chi connectivity index (χ4n) is 2.54. The van der Waals surface area contributed by atoms with Gasteiger partial charge in [0.05, 0.1) is 0 Å². The van der Waals surface area contributed by atoms with E-state index >= 15 is 0 Å². The minimum Gasteiger partial charge on any atom is -0.0610 e. The molecule has 0 atom stereocenters. The van der Waals surface area contributed by atoms with Crippen molar-refractivity contribution in [1.29, 1.82) is 0 Å². The highest BCUT2D eigenvalue weighted by atomic mass is 14.2. The van der Waals surface area contributed by atoms with Gasteiger partial charge in [-0.1, -0.05) is 42.5 Å². The van der Waals surface area contributed by atoms with Crippen molar-refractivity contribution in [3.8, 4) is 11.1 Å². The lowest BCUT2D eigenvalue weighted by atomic mass is 10.0. The molecule has 0 N–H and O–H groups in total. The molecule has 0 unspecified atom stereocenters. The molecule has 0 bridgehead atoms. The molecule has 0 radical (unpaired) electrons. The van der Waals surface area contributed by atoms with Gasteiger partial charge in [0.15, 0.2) is 0 Å². The number of rotatable bonds is 0. The second kappa shape index (κ2) is 1.98. The highest BCUT2D eigenvalue weighted by Gasteiger charge is 2.15. The van der Waals surface area contributed by atoms with Gasteiger partial charge in [0.2, 0.25) is 0 Å². The van der Waals surface area contributed by atoms with Gasteiger partial charge in [-0.15, -0.1) is 0 Å². The molecule has 64 valence electrons. The Morgan fingerprint density at radius 1 is 0.643 bits per heavy atom. The largest absolute Gasteiger partial charge is 0.0610 e. The normalized spacial score (nSPS) is 12.3. The van der Waals surface area contributed by atoms with Gasteiger partial charge in [-0.05, 0) is 38.7 Å². The summed E-state index contributed by atoms with van der Waals surface area (Å²) >= 11 is 0. The summed E-state index contributed by atoms with van der Waals surface area (Å²) in [6.07, 6.45) is 0. The molecule has 0 fully saturated rings. The Hall–Kier alpha value is -1.82. The van der Waals surface area contributed by atoms with E-state index < -0.39 is 0 Å². The second-order valence-electron chi connectivity index (χ2n) is 3.91. The van der Waals surface area contributed by atoms with Crippen LogP contribution in [-0.4, -0.2) is 0 Å². The van der Waals surface area contributed by atoms with Crippen LogP contribution in [0.5, 0.6) is 0 Å². The van der Waals surface area contributed by atoms with E-state index in [1.807, 2.05) is 0 Å². The van der Waals surface area contributed by atoms with E-state index in [9.17, 15) is 0 Å². The number of hydrogen-bond donors (Lipinski definition) is 0. The first-order chi connectivity index (χ1) is 6.93. The van der Waals surface area contributed by atoms with E-state index in [4.69, 9.17) is 0 Å². The smallest absolute Gasteiger partial charge is 0.00266 e. The Balaban J connectivity index is 2.50. The lowest BCUT2D eigenvalue weighted by Crippen LogP contribution is -1.73. The van der Waals surface area contributed by atoms with Crippen LogP contribution in [0.1, 0.15) is 0 Å². The predicted molar refractivity (Wildman–Crippen MR) is 60.4 cm³/mol. The minimum atomic E-state index is 1.36. The third kappa shape index (κ3) is 0.589. The van der Waals surface area contributed by atoms with Crippen molar-refractivity contribution in [2.24, 2.45) is 0 Å². The van der Waals surface area contributed by atoms with Crippen molar-refractivity contribution in [2.45, 2.75) is 0 Å². The maximum atomic E-state index is 2.28. The molecule has 0 saturated heterocycles. The first-order valence-corrected chi connectivity index (χ1v) is 4.89. The van der Waals surface area contributed by atoms with Gasteiger partial charge in [0.1, 0.15) is 0 Å². The summed E-state index contributed by atoms with van der Waals surface area (Å²) in [5.74, 6) is 0. The monoisotopic (exact) mass is 176 g/mol. The summed E-state index contributed by atoms with van der Waals surface area (Å²) in [5, 5.41) is 5.54. The fourth-order valence-corrected chi connectivity index (χ4v) is 2.54. The quantitative estimate of drug-likeness (QED) is 0.380. The van der Waals surface area contributed by atoms with Gasteiger partial charge in [0.25, 0.3) is 0 Å². The molecule has 2 aliphatic carbocycles. The molecule has 0 spiro atoms. The highest BCUT2D eigenvalue weighted by molar-refractivity contribution is 6.18. The first kappa shape index (κ1) is 6.61. The third-order valence-corrected chi connectivity index (χ3v) is 3.15. The van der Waals surface area contributed by atoms with Crippen LogP contribution in [0, 0.1) is 0 Å². The molecule has 2 aromatic carbocycles. The lowest BCUT2D eigenvalue weighted by molar-refractivity contribution is 1.85. The van der Waals surface area contributed by atoms with Crippen molar-refractivity contribution < 1.29 is 0 Å². The highest BCUT2D eigenvalue weighted by Crippen LogP contribution is 2.42. The van der Waals surface area contributed by atoms with E-state index in [0.717, 1.165) is 0 Å². The summed E-state index contributed by atoms with van der Waals surface area (Å²) in [5.41, 5.74) is 2.82. The topological polar surface area (TPSA) is 0 Å². The Labute approximate surface area is 81.8 Å². The maximum Gasteiger partial charge on any atom is -0.00266 e. The molecule has 14 heavy (non-hydrogen) atoms. The van der Waals surface area contributed by atoms with Crippen molar-refractivity contribution in [1.82, 2.24) is 0 Å². The van der Waals surface area contributed by atoms with E-state index in [-0.39, 0.29) is 0 Å². The first-order valence-electron chi connectivity index (χ1n) is 4.89. The predicted octanol–water partition coefficient (Wildman–Crippen LogP) is 3.97. The fraction of sp³-hybridized carbons (Fsp3) is 0. The summed E-state index contributed by atoms with van der Waals surface area (Å²) < 4.78 is 0. The van der Waals surface area contributed by atoms with Crippen LogP contribution in [0.4, 0.5) is 0 Å². The maximum absolute atomic E-state index is 2.28. The molecule has 0 aromatic heterocycles. The molecule has 0 nitrogen and oxygen atoms in total. The van der Waals surface area contributed by atoms with Crippen LogP contribution in [0.2, 0.25) is 0 Å². The van der Waals surface area contributed by atoms with Gasteiger partial charge >= 0.3 is 0 Å². The summed E-state index contributed by atoms with van der Waals surface area (Å²) in [6, 6.07) is 17.6. The van der Waals surface area contributed by atoms with Crippen molar-refractivity contribution >= 4 is 21.5 Å². The van der Waals surface area contributed by atoms with Crippen LogP contribution < -0.4 is 0 Å². The van der Waals surface area contributed by atoms with E-state index in [1.54, 1.807) is 0 Å². The van der Waals surface area contributed by atoms with E-state index in [2.05, 4.69) is 48.5 Å². The molecule has 2 aliphatic rings. The van der Waals surface area contributed by atoms with Gasteiger partial charge in [-0.3, -0.25) is 0 Å².